The summed E-state index contributed by atoms with van der Waals surface area (Å²) in [6, 6.07) is 5.52. The summed E-state index contributed by atoms with van der Waals surface area (Å²) in [7, 11) is -3.87. The second-order valence-electron chi connectivity index (χ2n) is 4.62. The lowest BCUT2D eigenvalue weighted by molar-refractivity contribution is -0.135. The Morgan fingerprint density at radius 2 is 1.67 bits per heavy atom. The number of sulfonamides is 1. The first kappa shape index (κ1) is 17.3. The van der Waals surface area contributed by atoms with E-state index in [1.54, 1.807) is 0 Å². The third-order valence-electron chi connectivity index (χ3n) is 3.22. The van der Waals surface area contributed by atoms with Gasteiger partial charge in [0.15, 0.2) is 5.78 Å². The van der Waals surface area contributed by atoms with Crippen molar-refractivity contribution < 1.29 is 23.1 Å². The van der Waals surface area contributed by atoms with E-state index in [-0.39, 0.29) is 16.6 Å². The van der Waals surface area contributed by atoms with Gasteiger partial charge in [-0.2, -0.15) is 4.72 Å². The first-order valence-corrected chi connectivity index (χ1v) is 8.15. The zero-order valence-electron chi connectivity index (χ0n) is 12.0. The molecule has 0 heterocycles. The van der Waals surface area contributed by atoms with E-state index in [1.807, 2.05) is 18.6 Å². The number of Topliss-reactive ketones (excluding diaryl/α,β-unsaturated/α-hetero) is 1. The molecule has 0 aliphatic carbocycles. The summed E-state index contributed by atoms with van der Waals surface area (Å²) in [5.41, 5.74) is 0.459. The molecule has 0 saturated carbocycles. The fourth-order valence-electron chi connectivity index (χ4n) is 1.93. The molecule has 0 aliphatic rings. The molecule has 1 aromatic carbocycles. The number of carboxylic acid groups (broad SMARTS) is 1. The minimum atomic E-state index is -3.87. The molecule has 0 radical (unpaired) electrons. The van der Waals surface area contributed by atoms with Crippen molar-refractivity contribution in [3.8, 4) is 0 Å². The largest absolute Gasteiger partial charge is 0.480 e. The van der Waals surface area contributed by atoms with Crippen molar-refractivity contribution >= 4 is 21.8 Å². The lowest BCUT2D eigenvalue weighted by Gasteiger charge is -2.11. The Bertz CT molecular complexity index is 603. The summed E-state index contributed by atoms with van der Waals surface area (Å²) < 4.78 is 25.6. The average molecular weight is 313 g/mol. The molecule has 0 aliphatic heterocycles. The lowest BCUT2D eigenvalue weighted by atomic mass is 9.93. The van der Waals surface area contributed by atoms with Crippen LogP contribution in [0.25, 0.3) is 0 Å². The lowest BCUT2D eigenvalue weighted by Crippen LogP contribution is -2.29. The molecular formula is C14H19NO5S. The number of rotatable bonds is 8. The zero-order chi connectivity index (χ0) is 16.0. The van der Waals surface area contributed by atoms with E-state index in [4.69, 9.17) is 5.11 Å². The van der Waals surface area contributed by atoms with E-state index in [9.17, 15) is 18.0 Å². The fourth-order valence-corrected chi connectivity index (χ4v) is 2.91. The van der Waals surface area contributed by atoms with Crippen molar-refractivity contribution in [3.63, 3.8) is 0 Å². The van der Waals surface area contributed by atoms with Gasteiger partial charge in [-0.25, -0.2) is 8.42 Å². The normalized spacial score (nSPS) is 11.6. The number of benzene rings is 1. The molecular weight excluding hydrogens is 294 g/mol. The summed E-state index contributed by atoms with van der Waals surface area (Å²) in [6.07, 6.45) is 1.46. The SMILES string of the molecule is CCC(CC)C(=O)c1ccc(S(=O)(=O)NCC(=O)O)cc1. The van der Waals surface area contributed by atoms with Crippen LogP contribution in [0.3, 0.4) is 0 Å². The summed E-state index contributed by atoms with van der Waals surface area (Å²) in [5, 5.41) is 8.48. The van der Waals surface area contributed by atoms with E-state index in [0.29, 0.717) is 5.56 Å². The maximum atomic E-state index is 12.1. The van der Waals surface area contributed by atoms with E-state index in [1.165, 1.54) is 24.3 Å². The fraction of sp³-hybridized carbons (Fsp3) is 0.429. The number of nitrogens with one attached hydrogen (secondary N) is 1. The van der Waals surface area contributed by atoms with E-state index in [0.717, 1.165) is 12.8 Å². The van der Waals surface area contributed by atoms with Crippen molar-refractivity contribution in [1.82, 2.24) is 4.72 Å². The Balaban J connectivity index is 2.92. The number of carbonyl (C=O) groups excluding carboxylic acids is 1. The zero-order valence-corrected chi connectivity index (χ0v) is 12.8. The number of aliphatic carboxylic acids is 1. The number of hydrogen-bond acceptors (Lipinski definition) is 4. The standard InChI is InChI=1S/C14H19NO5S/c1-3-10(4-2)14(18)11-5-7-12(8-6-11)21(19,20)15-9-13(16)17/h5-8,10,15H,3-4,9H2,1-2H3,(H,16,17). The number of hydrogen-bond donors (Lipinski definition) is 2. The van der Waals surface area contributed by atoms with Gasteiger partial charge in [-0.1, -0.05) is 26.0 Å². The maximum absolute atomic E-state index is 12.1. The summed E-state index contributed by atoms with van der Waals surface area (Å²) in [4.78, 5) is 22.5. The molecule has 7 heteroatoms. The third kappa shape index (κ3) is 4.64. The molecule has 1 rings (SSSR count). The Hall–Kier alpha value is -1.73. The van der Waals surface area contributed by atoms with Crippen LogP contribution in [0.15, 0.2) is 29.2 Å². The highest BCUT2D eigenvalue weighted by Crippen LogP contribution is 2.17. The molecule has 0 saturated heterocycles. The molecule has 6 nitrogen and oxygen atoms in total. The number of carbonyl (C=O) groups is 2. The van der Waals surface area contributed by atoms with Gasteiger partial charge in [-0.3, -0.25) is 9.59 Å². The monoisotopic (exact) mass is 313 g/mol. The van der Waals surface area contributed by atoms with E-state index in [2.05, 4.69) is 0 Å². The molecule has 0 unspecified atom stereocenters. The highest BCUT2D eigenvalue weighted by molar-refractivity contribution is 7.89. The maximum Gasteiger partial charge on any atom is 0.318 e. The van der Waals surface area contributed by atoms with Crippen molar-refractivity contribution in [2.75, 3.05) is 6.54 Å². The van der Waals surface area contributed by atoms with Crippen LogP contribution in [-0.4, -0.2) is 31.8 Å². The van der Waals surface area contributed by atoms with Crippen LogP contribution in [-0.2, 0) is 14.8 Å². The second-order valence-corrected chi connectivity index (χ2v) is 6.39. The third-order valence-corrected chi connectivity index (χ3v) is 4.64. The summed E-state index contributed by atoms with van der Waals surface area (Å²) in [6.45, 7) is 3.18. The van der Waals surface area contributed by atoms with Crippen LogP contribution in [0.2, 0.25) is 0 Å². The highest BCUT2D eigenvalue weighted by Gasteiger charge is 2.19. The smallest absolute Gasteiger partial charge is 0.318 e. The molecule has 2 N–H and O–H groups in total. The van der Waals surface area contributed by atoms with Crippen molar-refractivity contribution in [1.29, 1.82) is 0 Å². The predicted octanol–water partition coefficient (Wildman–Crippen LogP) is 1.67. The van der Waals surface area contributed by atoms with Crippen LogP contribution in [0, 0.1) is 5.92 Å². The minimum Gasteiger partial charge on any atom is -0.480 e. The second kappa shape index (κ2) is 7.33. The van der Waals surface area contributed by atoms with Crippen molar-refractivity contribution in [3.05, 3.63) is 29.8 Å². The Kier molecular flexibility index (Phi) is 6.04. The van der Waals surface area contributed by atoms with Gasteiger partial charge in [-0.05, 0) is 25.0 Å². The first-order valence-electron chi connectivity index (χ1n) is 6.67. The highest BCUT2D eigenvalue weighted by atomic mass is 32.2. The van der Waals surface area contributed by atoms with E-state index >= 15 is 0 Å². The van der Waals surface area contributed by atoms with Gasteiger partial charge in [0, 0.05) is 11.5 Å². The predicted molar refractivity (Wildman–Crippen MR) is 77.7 cm³/mol. The van der Waals surface area contributed by atoms with Gasteiger partial charge < -0.3 is 5.11 Å². The quantitative estimate of drug-likeness (QED) is 0.711. The van der Waals surface area contributed by atoms with Gasteiger partial charge >= 0.3 is 5.97 Å². The van der Waals surface area contributed by atoms with Crippen LogP contribution < -0.4 is 4.72 Å². The van der Waals surface area contributed by atoms with Crippen molar-refractivity contribution in [2.45, 2.75) is 31.6 Å². The molecule has 1 aromatic rings. The molecule has 116 valence electrons. The van der Waals surface area contributed by atoms with Crippen LogP contribution in [0.5, 0.6) is 0 Å². The number of ketones is 1. The molecule has 0 bridgehead atoms. The van der Waals surface area contributed by atoms with Gasteiger partial charge in [-0.15, -0.1) is 0 Å². The number of carboxylic acids is 1. The summed E-state index contributed by atoms with van der Waals surface area (Å²) in [5.74, 6) is -1.35. The van der Waals surface area contributed by atoms with Gasteiger partial charge in [0.1, 0.15) is 6.54 Å². The van der Waals surface area contributed by atoms with Gasteiger partial charge in [0.25, 0.3) is 0 Å². The topological polar surface area (TPSA) is 101 Å². The summed E-state index contributed by atoms with van der Waals surface area (Å²) >= 11 is 0. The Morgan fingerprint density at radius 3 is 2.10 bits per heavy atom. The average Bonchev–Trinajstić information content (AvgIpc) is 2.46. The van der Waals surface area contributed by atoms with Crippen LogP contribution >= 0.6 is 0 Å². The molecule has 21 heavy (non-hydrogen) atoms. The molecule has 0 spiro atoms. The van der Waals surface area contributed by atoms with Crippen LogP contribution in [0.4, 0.5) is 0 Å². The molecule has 0 amide bonds. The Morgan fingerprint density at radius 1 is 1.14 bits per heavy atom. The van der Waals surface area contributed by atoms with Crippen molar-refractivity contribution in [2.24, 2.45) is 5.92 Å². The molecule has 0 aromatic heterocycles. The molecule has 0 fully saturated rings. The minimum absolute atomic E-state index is 0.0116. The first-order chi connectivity index (χ1) is 9.81. The molecule has 0 atom stereocenters. The van der Waals surface area contributed by atoms with Gasteiger partial charge in [0.05, 0.1) is 4.90 Å². The van der Waals surface area contributed by atoms with Crippen LogP contribution in [0.1, 0.15) is 37.0 Å². The Labute approximate surface area is 124 Å². The van der Waals surface area contributed by atoms with Gasteiger partial charge in [0.2, 0.25) is 10.0 Å². The van der Waals surface area contributed by atoms with E-state index < -0.39 is 22.5 Å².